The Morgan fingerprint density at radius 3 is 2.79 bits per heavy atom. The van der Waals surface area contributed by atoms with E-state index in [4.69, 9.17) is 16.3 Å². The predicted molar refractivity (Wildman–Crippen MR) is 80.0 cm³/mol. The van der Waals surface area contributed by atoms with Crippen LogP contribution in [0.2, 0.25) is 5.15 Å². The number of nitrogens with one attached hydrogen (secondary N) is 1. The van der Waals surface area contributed by atoms with E-state index in [2.05, 4.69) is 15.3 Å². The molecule has 0 spiro atoms. The SMILES string of the molecule is O=C(Nc1cnc(I)c(Cl)n1)OCc1ccccc1. The number of nitrogens with zero attached hydrogens (tertiary/aromatic N) is 2. The molecule has 1 N–H and O–H groups in total. The summed E-state index contributed by atoms with van der Waals surface area (Å²) < 4.78 is 5.61. The largest absolute Gasteiger partial charge is 0.444 e. The first kappa shape index (κ1) is 14.0. The lowest BCUT2D eigenvalue weighted by Gasteiger charge is -2.06. The minimum absolute atomic E-state index is 0.193. The molecule has 0 bridgehead atoms. The van der Waals surface area contributed by atoms with E-state index in [0.717, 1.165) is 5.56 Å². The summed E-state index contributed by atoms with van der Waals surface area (Å²) in [6.45, 7) is 0.193. The summed E-state index contributed by atoms with van der Waals surface area (Å²) in [6.07, 6.45) is 0.813. The highest BCUT2D eigenvalue weighted by Gasteiger charge is 2.07. The number of anilines is 1. The van der Waals surface area contributed by atoms with E-state index < -0.39 is 6.09 Å². The summed E-state index contributed by atoms with van der Waals surface area (Å²) >= 11 is 7.75. The molecule has 19 heavy (non-hydrogen) atoms. The number of rotatable bonds is 3. The Morgan fingerprint density at radius 1 is 1.37 bits per heavy atom. The molecule has 0 fully saturated rings. The molecule has 1 amide bonds. The van der Waals surface area contributed by atoms with Crippen LogP contribution in [0, 0.1) is 3.70 Å². The second kappa shape index (κ2) is 6.67. The fourth-order valence-electron chi connectivity index (χ4n) is 1.28. The highest BCUT2D eigenvalue weighted by atomic mass is 127. The van der Waals surface area contributed by atoms with Gasteiger partial charge in [0.25, 0.3) is 0 Å². The van der Waals surface area contributed by atoms with Gasteiger partial charge in [-0.15, -0.1) is 0 Å². The number of amides is 1. The van der Waals surface area contributed by atoms with Crippen molar-refractivity contribution >= 4 is 46.1 Å². The van der Waals surface area contributed by atoms with Crippen molar-refractivity contribution in [2.75, 3.05) is 5.32 Å². The number of aromatic nitrogens is 2. The average Bonchev–Trinajstić information content (AvgIpc) is 2.42. The fourth-order valence-corrected chi connectivity index (χ4v) is 1.68. The maximum absolute atomic E-state index is 11.5. The summed E-state index contributed by atoms with van der Waals surface area (Å²) in [5.74, 6) is 0.253. The number of hydrogen-bond acceptors (Lipinski definition) is 4. The highest BCUT2D eigenvalue weighted by Crippen LogP contribution is 2.15. The molecule has 7 heteroatoms. The molecule has 0 aliphatic carbocycles. The average molecular weight is 390 g/mol. The van der Waals surface area contributed by atoms with Gasteiger partial charge >= 0.3 is 6.09 Å². The minimum atomic E-state index is -0.601. The van der Waals surface area contributed by atoms with Crippen LogP contribution in [-0.4, -0.2) is 16.1 Å². The van der Waals surface area contributed by atoms with Gasteiger partial charge in [0.1, 0.15) is 10.3 Å². The Kier molecular flexibility index (Phi) is 4.92. The van der Waals surface area contributed by atoms with E-state index in [1.165, 1.54) is 6.20 Å². The van der Waals surface area contributed by atoms with E-state index in [9.17, 15) is 4.79 Å². The van der Waals surface area contributed by atoms with Gasteiger partial charge in [-0.3, -0.25) is 5.32 Å². The number of carbonyl (C=O) groups is 1. The quantitative estimate of drug-likeness (QED) is 0.816. The molecule has 0 atom stereocenters. The van der Waals surface area contributed by atoms with E-state index in [0.29, 0.717) is 3.70 Å². The van der Waals surface area contributed by atoms with Crippen molar-refractivity contribution in [1.29, 1.82) is 0 Å². The first-order chi connectivity index (χ1) is 9.15. The van der Waals surface area contributed by atoms with Gasteiger partial charge in [0.2, 0.25) is 0 Å². The third-order valence-corrected chi connectivity index (χ3v) is 3.50. The summed E-state index contributed by atoms with van der Waals surface area (Å²) in [6, 6.07) is 9.39. The molecule has 0 aliphatic heterocycles. The van der Waals surface area contributed by atoms with Crippen LogP contribution in [0.5, 0.6) is 0 Å². The normalized spacial score (nSPS) is 10.0. The monoisotopic (exact) mass is 389 g/mol. The number of benzene rings is 1. The van der Waals surface area contributed by atoms with Crippen molar-refractivity contribution < 1.29 is 9.53 Å². The topological polar surface area (TPSA) is 64.1 Å². The number of ether oxygens (including phenoxy) is 1. The van der Waals surface area contributed by atoms with Crippen LogP contribution in [0.3, 0.4) is 0 Å². The van der Waals surface area contributed by atoms with Crippen LogP contribution >= 0.6 is 34.2 Å². The second-order valence-electron chi connectivity index (χ2n) is 3.52. The number of halogens is 2. The van der Waals surface area contributed by atoms with Gasteiger partial charge in [0.05, 0.1) is 6.20 Å². The molecule has 0 saturated carbocycles. The molecule has 0 saturated heterocycles. The number of carbonyl (C=O) groups excluding carboxylic acids is 1. The molecular formula is C12H9ClIN3O2. The summed E-state index contributed by atoms with van der Waals surface area (Å²) in [7, 11) is 0. The third-order valence-electron chi connectivity index (χ3n) is 2.13. The zero-order chi connectivity index (χ0) is 13.7. The molecule has 1 aromatic heterocycles. The van der Waals surface area contributed by atoms with Crippen LogP contribution in [-0.2, 0) is 11.3 Å². The van der Waals surface area contributed by atoms with Gasteiger partial charge in [0, 0.05) is 0 Å². The highest BCUT2D eigenvalue weighted by molar-refractivity contribution is 14.1. The lowest BCUT2D eigenvalue weighted by molar-refractivity contribution is 0.155. The Balaban J connectivity index is 1.89. The van der Waals surface area contributed by atoms with E-state index in [1.54, 1.807) is 0 Å². The molecule has 1 heterocycles. The van der Waals surface area contributed by atoms with Crippen molar-refractivity contribution in [2.45, 2.75) is 6.61 Å². The summed E-state index contributed by atoms with van der Waals surface area (Å²) in [4.78, 5) is 19.5. The lowest BCUT2D eigenvalue weighted by atomic mass is 10.2. The zero-order valence-electron chi connectivity index (χ0n) is 9.64. The van der Waals surface area contributed by atoms with Gasteiger partial charge in [-0.1, -0.05) is 41.9 Å². The third kappa shape index (κ3) is 4.32. The van der Waals surface area contributed by atoms with Gasteiger partial charge < -0.3 is 4.74 Å². The van der Waals surface area contributed by atoms with Crippen molar-refractivity contribution in [3.8, 4) is 0 Å². The van der Waals surface area contributed by atoms with Crippen LogP contribution in [0.25, 0.3) is 0 Å². The Bertz CT molecular complexity index is 580. The molecule has 2 aromatic rings. The van der Waals surface area contributed by atoms with Crippen LogP contribution < -0.4 is 5.32 Å². The summed E-state index contributed by atoms with van der Waals surface area (Å²) in [5.41, 5.74) is 0.907. The van der Waals surface area contributed by atoms with Crippen molar-refractivity contribution in [2.24, 2.45) is 0 Å². The first-order valence-corrected chi connectivity index (χ1v) is 6.76. The maximum atomic E-state index is 11.5. The van der Waals surface area contributed by atoms with Crippen molar-refractivity contribution in [3.63, 3.8) is 0 Å². The smallest absolute Gasteiger partial charge is 0.413 e. The van der Waals surface area contributed by atoms with E-state index >= 15 is 0 Å². The first-order valence-electron chi connectivity index (χ1n) is 5.31. The van der Waals surface area contributed by atoms with Crippen LogP contribution in [0.15, 0.2) is 36.5 Å². The molecular weight excluding hydrogens is 381 g/mol. The molecule has 2 rings (SSSR count). The molecule has 0 aliphatic rings. The van der Waals surface area contributed by atoms with E-state index in [1.807, 2.05) is 52.9 Å². The lowest BCUT2D eigenvalue weighted by Crippen LogP contribution is -2.14. The summed E-state index contributed by atoms with van der Waals surface area (Å²) in [5, 5.41) is 2.70. The van der Waals surface area contributed by atoms with Gasteiger partial charge in [-0.05, 0) is 28.2 Å². The molecule has 98 valence electrons. The van der Waals surface area contributed by atoms with E-state index in [-0.39, 0.29) is 17.6 Å². The van der Waals surface area contributed by atoms with Crippen molar-refractivity contribution in [1.82, 2.24) is 9.97 Å². The zero-order valence-corrected chi connectivity index (χ0v) is 12.6. The maximum Gasteiger partial charge on any atom is 0.413 e. The van der Waals surface area contributed by atoms with Gasteiger partial charge in [-0.2, -0.15) is 0 Å². The standard InChI is InChI=1S/C12H9ClIN3O2/c13-10-11(14)15-6-9(16-10)17-12(18)19-7-8-4-2-1-3-5-8/h1-6H,7H2,(H,16,17,18). The van der Waals surface area contributed by atoms with Gasteiger partial charge in [0.15, 0.2) is 11.0 Å². The molecule has 0 unspecified atom stereocenters. The minimum Gasteiger partial charge on any atom is -0.444 e. The fraction of sp³-hybridized carbons (Fsp3) is 0.0833. The Labute approximate surface area is 128 Å². The Morgan fingerprint density at radius 2 is 2.11 bits per heavy atom. The Hall–Kier alpha value is -1.41. The van der Waals surface area contributed by atoms with Crippen LogP contribution in [0.1, 0.15) is 5.56 Å². The number of hydrogen-bond donors (Lipinski definition) is 1. The molecule has 1 aromatic carbocycles. The van der Waals surface area contributed by atoms with Crippen molar-refractivity contribution in [3.05, 3.63) is 50.9 Å². The predicted octanol–water partition coefficient (Wildman–Crippen LogP) is 3.48. The second-order valence-corrected chi connectivity index (χ2v) is 4.90. The molecule has 0 radical (unpaired) electrons. The van der Waals surface area contributed by atoms with Crippen LogP contribution in [0.4, 0.5) is 10.6 Å². The van der Waals surface area contributed by atoms with Gasteiger partial charge in [-0.25, -0.2) is 14.8 Å². The molecule has 5 nitrogen and oxygen atoms in total.